The van der Waals surface area contributed by atoms with Gasteiger partial charge in [-0.05, 0) is 47.0 Å². The summed E-state index contributed by atoms with van der Waals surface area (Å²) in [5.41, 5.74) is 3.35. The van der Waals surface area contributed by atoms with E-state index in [4.69, 9.17) is 9.47 Å². The van der Waals surface area contributed by atoms with Crippen molar-refractivity contribution in [3.05, 3.63) is 95.6 Å². The lowest BCUT2D eigenvalue weighted by atomic mass is 10.1. The summed E-state index contributed by atoms with van der Waals surface area (Å²) in [4.78, 5) is 9.18. The highest BCUT2D eigenvalue weighted by Crippen LogP contribution is 2.18. The number of hydrogen-bond donors (Lipinski definition) is 0. The van der Waals surface area contributed by atoms with E-state index in [2.05, 4.69) is 33.0 Å². The Hall–Kier alpha value is -2.80. The normalized spacial score (nSPS) is 14.6. The van der Waals surface area contributed by atoms with Crippen LogP contribution in [0.4, 0.5) is 4.39 Å². The molecule has 168 valence electrons. The first-order valence-corrected chi connectivity index (χ1v) is 11.1. The summed E-state index contributed by atoms with van der Waals surface area (Å²) in [6, 6.07) is 18.7. The third-order valence-electron chi connectivity index (χ3n) is 5.59. The minimum absolute atomic E-state index is 0.235. The number of hydrogen-bond acceptors (Lipinski definition) is 5. The van der Waals surface area contributed by atoms with Gasteiger partial charge in [-0.2, -0.15) is 0 Å². The van der Waals surface area contributed by atoms with Crippen LogP contribution in [0.15, 0.2) is 73.1 Å². The zero-order valence-electron chi connectivity index (χ0n) is 18.3. The smallest absolute Gasteiger partial charge is 0.123 e. The SMILES string of the molecule is Fc1ccc(COc2cccc(CN(CCN3CCOCC3)Cc3cccnc3)c2)cc1. The van der Waals surface area contributed by atoms with Crippen molar-refractivity contribution < 1.29 is 13.9 Å². The van der Waals surface area contributed by atoms with Gasteiger partial charge in [0.25, 0.3) is 0 Å². The number of morpholine rings is 1. The van der Waals surface area contributed by atoms with Gasteiger partial charge < -0.3 is 9.47 Å². The molecule has 0 unspecified atom stereocenters. The van der Waals surface area contributed by atoms with Gasteiger partial charge in [-0.15, -0.1) is 0 Å². The van der Waals surface area contributed by atoms with E-state index in [1.54, 1.807) is 12.1 Å². The molecule has 0 atom stereocenters. The van der Waals surface area contributed by atoms with E-state index >= 15 is 0 Å². The summed E-state index contributed by atoms with van der Waals surface area (Å²) in [7, 11) is 0. The van der Waals surface area contributed by atoms with Crippen molar-refractivity contribution in [2.75, 3.05) is 39.4 Å². The Kier molecular flexibility index (Phi) is 8.20. The lowest BCUT2D eigenvalue weighted by Crippen LogP contribution is -2.41. The lowest BCUT2D eigenvalue weighted by Gasteiger charge is -2.30. The fraction of sp³-hybridized carbons (Fsp3) is 0.346. The van der Waals surface area contributed by atoms with Crippen molar-refractivity contribution in [3.63, 3.8) is 0 Å². The molecule has 2 aromatic carbocycles. The van der Waals surface area contributed by atoms with Crippen molar-refractivity contribution in [3.8, 4) is 5.75 Å². The fourth-order valence-electron chi connectivity index (χ4n) is 3.81. The second kappa shape index (κ2) is 11.7. The third kappa shape index (κ3) is 7.12. The van der Waals surface area contributed by atoms with Crippen LogP contribution in [-0.2, 0) is 24.4 Å². The van der Waals surface area contributed by atoms with Gasteiger partial charge >= 0.3 is 0 Å². The Morgan fingerprint density at radius 1 is 0.938 bits per heavy atom. The number of benzene rings is 2. The predicted octanol–water partition coefficient (Wildman–Crippen LogP) is 4.13. The monoisotopic (exact) mass is 435 g/mol. The van der Waals surface area contributed by atoms with Crippen LogP contribution < -0.4 is 4.74 Å². The predicted molar refractivity (Wildman–Crippen MR) is 123 cm³/mol. The molecule has 4 rings (SSSR count). The van der Waals surface area contributed by atoms with E-state index < -0.39 is 0 Å². The first kappa shape index (κ1) is 22.4. The maximum atomic E-state index is 13.1. The van der Waals surface area contributed by atoms with Crippen LogP contribution in [0.3, 0.4) is 0 Å². The molecule has 1 aliphatic heterocycles. The summed E-state index contributed by atoms with van der Waals surface area (Å²) in [5.74, 6) is 0.586. The molecule has 0 spiro atoms. The van der Waals surface area contributed by atoms with Gasteiger partial charge in [0, 0.05) is 51.7 Å². The van der Waals surface area contributed by atoms with Crippen LogP contribution in [-0.4, -0.2) is 54.2 Å². The zero-order valence-corrected chi connectivity index (χ0v) is 18.3. The second-order valence-corrected chi connectivity index (χ2v) is 8.09. The second-order valence-electron chi connectivity index (χ2n) is 8.09. The van der Waals surface area contributed by atoms with Crippen LogP contribution in [0.25, 0.3) is 0 Å². The molecule has 6 heteroatoms. The van der Waals surface area contributed by atoms with E-state index in [1.165, 1.54) is 23.3 Å². The van der Waals surface area contributed by atoms with Crippen LogP contribution in [0, 0.1) is 5.82 Å². The van der Waals surface area contributed by atoms with Crippen LogP contribution >= 0.6 is 0 Å². The summed E-state index contributed by atoms with van der Waals surface area (Å²) in [6.45, 7) is 7.69. The summed E-state index contributed by atoms with van der Waals surface area (Å²) >= 11 is 0. The van der Waals surface area contributed by atoms with Crippen molar-refractivity contribution in [2.24, 2.45) is 0 Å². The van der Waals surface area contributed by atoms with E-state index in [1.807, 2.05) is 30.6 Å². The lowest BCUT2D eigenvalue weighted by molar-refractivity contribution is 0.0325. The summed E-state index contributed by atoms with van der Waals surface area (Å²) in [5, 5.41) is 0. The molecular formula is C26H30FN3O2. The molecule has 5 nitrogen and oxygen atoms in total. The molecule has 0 bridgehead atoms. The Bertz CT molecular complexity index is 947. The number of rotatable bonds is 10. The molecule has 2 heterocycles. The molecular weight excluding hydrogens is 405 g/mol. The zero-order chi connectivity index (χ0) is 22.0. The highest BCUT2D eigenvalue weighted by molar-refractivity contribution is 5.29. The first-order chi connectivity index (χ1) is 15.7. The Morgan fingerprint density at radius 3 is 2.50 bits per heavy atom. The van der Waals surface area contributed by atoms with Crippen LogP contribution in [0.5, 0.6) is 5.75 Å². The third-order valence-corrected chi connectivity index (χ3v) is 5.59. The standard InChI is InChI=1S/C26H30FN3O2/c27-25-8-6-22(7-9-25)21-32-26-5-1-3-23(17-26)19-30(20-24-4-2-10-28-18-24)12-11-29-13-15-31-16-14-29/h1-10,17-18H,11-16,19-21H2. The molecule has 1 fully saturated rings. The average molecular weight is 436 g/mol. The largest absolute Gasteiger partial charge is 0.489 e. The number of halogens is 1. The van der Waals surface area contributed by atoms with Crippen LogP contribution in [0.1, 0.15) is 16.7 Å². The molecule has 3 aromatic rings. The minimum Gasteiger partial charge on any atom is -0.489 e. The van der Waals surface area contributed by atoms with Crippen molar-refractivity contribution in [1.82, 2.24) is 14.8 Å². The highest BCUT2D eigenvalue weighted by Gasteiger charge is 2.14. The van der Waals surface area contributed by atoms with Crippen molar-refractivity contribution >= 4 is 0 Å². The maximum absolute atomic E-state index is 13.1. The summed E-state index contributed by atoms with van der Waals surface area (Å²) in [6.07, 6.45) is 3.74. The quantitative estimate of drug-likeness (QED) is 0.479. The molecule has 0 saturated carbocycles. The Morgan fingerprint density at radius 2 is 1.72 bits per heavy atom. The first-order valence-electron chi connectivity index (χ1n) is 11.1. The number of ether oxygens (including phenoxy) is 2. The highest BCUT2D eigenvalue weighted by atomic mass is 19.1. The fourth-order valence-corrected chi connectivity index (χ4v) is 3.81. The maximum Gasteiger partial charge on any atom is 0.123 e. The van der Waals surface area contributed by atoms with Crippen molar-refractivity contribution in [1.29, 1.82) is 0 Å². The van der Waals surface area contributed by atoms with Crippen LogP contribution in [0.2, 0.25) is 0 Å². The summed E-state index contributed by atoms with van der Waals surface area (Å²) < 4.78 is 24.5. The molecule has 1 saturated heterocycles. The molecule has 1 aliphatic rings. The van der Waals surface area contributed by atoms with Gasteiger partial charge in [-0.25, -0.2) is 4.39 Å². The van der Waals surface area contributed by atoms with E-state index in [9.17, 15) is 4.39 Å². The van der Waals surface area contributed by atoms with Gasteiger partial charge in [-0.1, -0.05) is 30.3 Å². The van der Waals surface area contributed by atoms with E-state index in [-0.39, 0.29) is 5.82 Å². The van der Waals surface area contributed by atoms with Gasteiger partial charge in [0.2, 0.25) is 0 Å². The van der Waals surface area contributed by atoms with E-state index in [0.29, 0.717) is 6.61 Å². The van der Waals surface area contributed by atoms with Gasteiger partial charge in [0.15, 0.2) is 0 Å². The molecule has 32 heavy (non-hydrogen) atoms. The number of pyridine rings is 1. The minimum atomic E-state index is -0.235. The van der Waals surface area contributed by atoms with Gasteiger partial charge in [0.05, 0.1) is 13.2 Å². The van der Waals surface area contributed by atoms with Gasteiger partial charge in [-0.3, -0.25) is 14.8 Å². The molecule has 0 aliphatic carbocycles. The van der Waals surface area contributed by atoms with Crippen molar-refractivity contribution in [2.45, 2.75) is 19.7 Å². The average Bonchev–Trinajstić information content (AvgIpc) is 2.84. The molecule has 1 aromatic heterocycles. The number of nitrogens with zero attached hydrogens (tertiary/aromatic N) is 3. The molecule has 0 radical (unpaired) electrons. The number of aromatic nitrogens is 1. The molecule has 0 amide bonds. The molecule has 0 N–H and O–H groups in total. The Labute approximate surface area is 189 Å². The Balaban J connectivity index is 1.38. The van der Waals surface area contributed by atoms with E-state index in [0.717, 1.165) is 63.8 Å². The van der Waals surface area contributed by atoms with Gasteiger partial charge in [0.1, 0.15) is 18.2 Å². The topological polar surface area (TPSA) is 37.8 Å².